The Morgan fingerprint density at radius 2 is 1.17 bits per heavy atom. The zero-order valence-electron chi connectivity index (χ0n) is 20.8. The third-order valence-corrected chi connectivity index (χ3v) is 6.47. The number of imide groups is 2. The number of rotatable bonds is 5. The molecule has 3 rings (SSSR count). The number of halogens is 2. The highest BCUT2D eigenvalue weighted by molar-refractivity contribution is 6.31. The number of nitrogens with zero attached hydrogens (tertiary/aromatic N) is 2. The number of hydrogen-bond donors (Lipinski definition) is 0. The van der Waals surface area contributed by atoms with Gasteiger partial charge in [0.1, 0.15) is 5.92 Å². The van der Waals surface area contributed by atoms with Crippen molar-refractivity contribution in [3.8, 4) is 0 Å². The number of urea groups is 1. The molecule has 2 aromatic rings. The van der Waals surface area contributed by atoms with Gasteiger partial charge >= 0.3 is 6.03 Å². The molecule has 0 radical (unpaired) electrons. The number of hydrogen-bond acceptors (Lipinski definition) is 4. The van der Waals surface area contributed by atoms with E-state index in [2.05, 4.69) is 0 Å². The highest BCUT2D eigenvalue weighted by Crippen LogP contribution is 2.39. The van der Waals surface area contributed by atoms with Crippen LogP contribution in [0.25, 0.3) is 0 Å². The van der Waals surface area contributed by atoms with Crippen molar-refractivity contribution >= 4 is 46.8 Å². The topological polar surface area (TPSA) is 74.8 Å². The molecule has 0 bridgehead atoms. The fourth-order valence-electron chi connectivity index (χ4n) is 4.34. The minimum Gasteiger partial charge on any atom is -0.294 e. The van der Waals surface area contributed by atoms with Crippen LogP contribution < -0.4 is 0 Å². The highest BCUT2D eigenvalue weighted by atomic mass is 35.5. The monoisotopic (exact) mass is 516 g/mol. The Morgan fingerprint density at radius 3 is 1.57 bits per heavy atom. The molecular formula is C27H30Cl2N2O4. The maximum Gasteiger partial charge on any atom is 0.334 e. The van der Waals surface area contributed by atoms with Crippen molar-refractivity contribution in [1.29, 1.82) is 0 Å². The second-order valence-electron chi connectivity index (χ2n) is 10.7. The molecule has 6 nitrogen and oxygen atoms in total. The summed E-state index contributed by atoms with van der Waals surface area (Å²) in [5.41, 5.74) is -0.719. The van der Waals surface area contributed by atoms with Crippen molar-refractivity contribution in [2.45, 2.75) is 65.0 Å². The molecule has 4 amide bonds. The second-order valence-corrected chi connectivity index (χ2v) is 11.6. The Balaban J connectivity index is 2.15. The number of Topliss-reactive ketones (excluding diaryl/α,β-unsaturated/α-hetero) is 1. The summed E-state index contributed by atoms with van der Waals surface area (Å²) in [6, 6.07) is 12.5. The Hall–Kier alpha value is -2.70. The van der Waals surface area contributed by atoms with E-state index in [0.29, 0.717) is 21.2 Å². The quantitative estimate of drug-likeness (QED) is 0.342. The third kappa shape index (κ3) is 5.60. The first-order valence-electron chi connectivity index (χ1n) is 11.4. The van der Waals surface area contributed by atoms with E-state index in [-0.39, 0.29) is 12.2 Å². The normalized spacial score (nSPS) is 16.6. The van der Waals surface area contributed by atoms with Crippen LogP contribution in [0.3, 0.4) is 0 Å². The fourth-order valence-corrected chi connectivity index (χ4v) is 4.60. The number of barbiturate groups is 1. The Bertz CT molecular complexity index is 1110. The first-order chi connectivity index (χ1) is 16.1. The van der Waals surface area contributed by atoms with Gasteiger partial charge in [-0.15, -0.1) is 0 Å². The van der Waals surface area contributed by atoms with Crippen LogP contribution in [-0.4, -0.2) is 44.5 Å². The van der Waals surface area contributed by atoms with Gasteiger partial charge < -0.3 is 0 Å². The molecule has 186 valence electrons. The van der Waals surface area contributed by atoms with Crippen molar-refractivity contribution in [3.63, 3.8) is 0 Å². The molecule has 2 aromatic carbocycles. The molecule has 35 heavy (non-hydrogen) atoms. The smallest absolute Gasteiger partial charge is 0.294 e. The van der Waals surface area contributed by atoms with Crippen molar-refractivity contribution in [2.24, 2.45) is 5.92 Å². The number of amides is 4. The lowest BCUT2D eigenvalue weighted by molar-refractivity contribution is -0.156. The van der Waals surface area contributed by atoms with Crippen LogP contribution in [0.1, 0.15) is 69.8 Å². The number of ketones is 1. The Labute approximate surface area is 216 Å². The van der Waals surface area contributed by atoms with Crippen LogP contribution in [0.2, 0.25) is 10.0 Å². The summed E-state index contributed by atoms with van der Waals surface area (Å²) in [7, 11) is 0. The van der Waals surface area contributed by atoms with Crippen LogP contribution in [0.4, 0.5) is 4.79 Å². The van der Waals surface area contributed by atoms with Gasteiger partial charge in [0.15, 0.2) is 5.78 Å². The summed E-state index contributed by atoms with van der Waals surface area (Å²) in [5.74, 6) is -3.54. The summed E-state index contributed by atoms with van der Waals surface area (Å²) in [4.78, 5) is 56.6. The van der Waals surface area contributed by atoms with Crippen LogP contribution in [0, 0.1) is 5.92 Å². The number of carbonyl (C=O) groups is 4. The number of benzene rings is 2. The molecule has 1 heterocycles. The van der Waals surface area contributed by atoms with Crippen LogP contribution >= 0.6 is 23.2 Å². The van der Waals surface area contributed by atoms with Gasteiger partial charge in [0.05, 0.1) is 0 Å². The van der Waals surface area contributed by atoms with Gasteiger partial charge in [0, 0.05) is 39.0 Å². The predicted molar refractivity (Wildman–Crippen MR) is 137 cm³/mol. The molecule has 8 heteroatoms. The molecule has 0 N–H and O–H groups in total. The summed E-state index contributed by atoms with van der Waals surface area (Å²) in [6.45, 7) is 10.5. The Morgan fingerprint density at radius 1 is 0.771 bits per heavy atom. The lowest BCUT2D eigenvalue weighted by atomic mass is 9.77. The Kier molecular flexibility index (Phi) is 7.49. The van der Waals surface area contributed by atoms with Gasteiger partial charge in [-0.05, 0) is 83.5 Å². The average molecular weight is 517 g/mol. The van der Waals surface area contributed by atoms with Crippen molar-refractivity contribution in [2.75, 3.05) is 0 Å². The molecular weight excluding hydrogens is 487 g/mol. The molecule has 1 fully saturated rings. The maximum atomic E-state index is 13.8. The fraction of sp³-hybridized carbons (Fsp3) is 0.407. The summed E-state index contributed by atoms with van der Waals surface area (Å²) in [5, 5.41) is 0.981. The van der Waals surface area contributed by atoms with Crippen molar-refractivity contribution < 1.29 is 19.2 Å². The molecule has 0 aliphatic carbocycles. The zero-order chi connectivity index (χ0) is 26.3. The van der Waals surface area contributed by atoms with E-state index in [4.69, 9.17) is 23.2 Å². The van der Waals surface area contributed by atoms with E-state index in [9.17, 15) is 19.2 Å². The lowest BCUT2D eigenvalue weighted by Gasteiger charge is -2.48. The predicted octanol–water partition coefficient (Wildman–Crippen LogP) is 6.35. The first-order valence-corrected chi connectivity index (χ1v) is 12.1. The lowest BCUT2D eigenvalue weighted by Crippen LogP contribution is -2.68. The highest BCUT2D eigenvalue weighted by Gasteiger charge is 2.55. The largest absolute Gasteiger partial charge is 0.334 e. The van der Waals surface area contributed by atoms with E-state index < -0.39 is 40.8 Å². The molecule has 1 saturated heterocycles. The van der Waals surface area contributed by atoms with Crippen molar-refractivity contribution in [3.05, 3.63) is 69.7 Å². The van der Waals surface area contributed by atoms with Crippen LogP contribution in [-0.2, 0) is 9.59 Å². The first kappa shape index (κ1) is 26.9. The van der Waals surface area contributed by atoms with Crippen LogP contribution in [0.5, 0.6) is 0 Å². The van der Waals surface area contributed by atoms with E-state index in [1.807, 2.05) is 0 Å². The third-order valence-electron chi connectivity index (χ3n) is 5.97. The molecule has 1 aliphatic rings. The molecule has 1 aliphatic heterocycles. The van der Waals surface area contributed by atoms with E-state index in [0.717, 1.165) is 9.80 Å². The summed E-state index contributed by atoms with van der Waals surface area (Å²) in [6.07, 6.45) is -0.116. The minimum atomic E-state index is -1.26. The van der Waals surface area contributed by atoms with E-state index >= 15 is 0 Å². The van der Waals surface area contributed by atoms with Gasteiger partial charge in [-0.2, -0.15) is 0 Å². The van der Waals surface area contributed by atoms with Gasteiger partial charge in [0.25, 0.3) is 0 Å². The second kappa shape index (κ2) is 9.75. The van der Waals surface area contributed by atoms with Crippen molar-refractivity contribution in [1.82, 2.24) is 9.80 Å². The average Bonchev–Trinajstić information content (AvgIpc) is 2.71. The van der Waals surface area contributed by atoms with Gasteiger partial charge in [-0.1, -0.05) is 35.3 Å². The maximum absolute atomic E-state index is 13.8. The molecule has 0 unspecified atom stereocenters. The summed E-state index contributed by atoms with van der Waals surface area (Å²) >= 11 is 12.1. The van der Waals surface area contributed by atoms with E-state index in [1.165, 1.54) is 0 Å². The molecule has 0 spiro atoms. The molecule has 0 aromatic heterocycles. The minimum absolute atomic E-state index is 0.116. The van der Waals surface area contributed by atoms with Gasteiger partial charge in [-0.3, -0.25) is 24.2 Å². The summed E-state index contributed by atoms with van der Waals surface area (Å²) < 4.78 is 0. The number of carbonyl (C=O) groups excluding carboxylic acids is 4. The van der Waals surface area contributed by atoms with Gasteiger partial charge in [0.2, 0.25) is 11.8 Å². The van der Waals surface area contributed by atoms with Crippen LogP contribution in [0.15, 0.2) is 48.5 Å². The molecule has 1 atom stereocenters. The van der Waals surface area contributed by atoms with Gasteiger partial charge in [-0.25, -0.2) is 4.79 Å². The van der Waals surface area contributed by atoms with E-state index in [1.54, 1.807) is 90.1 Å². The molecule has 0 saturated carbocycles. The standard InChI is InChI=1S/C27H30Cl2N2O4/c1-26(2,3)30-23(33)22(24(34)31(25(30)35)27(4,5)6)20(16-7-11-18(28)12-8-16)15-21(32)17-9-13-19(29)14-10-17/h7-14,20,22H,15H2,1-6H3/t20-/m1/s1. The zero-order valence-corrected chi connectivity index (χ0v) is 22.3. The SMILES string of the molecule is CC(C)(C)N1C(=O)C([C@H](CC(=O)c2ccc(Cl)cc2)c2ccc(Cl)cc2)C(=O)N(C(C)(C)C)C1=O.